The molecule has 1 aromatic carbocycles. The first-order valence-electron chi connectivity index (χ1n) is 7.48. The molecule has 2 bridgehead atoms. The summed E-state index contributed by atoms with van der Waals surface area (Å²) in [5.74, 6) is -2.90. The Balaban J connectivity index is 1.78. The Morgan fingerprint density at radius 1 is 1.13 bits per heavy atom. The van der Waals surface area contributed by atoms with Crippen LogP contribution in [0.2, 0.25) is 0 Å². The summed E-state index contributed by atoms with van der Waals surface area (Å²) >= 11 is 0. The standard InChI is InChI=1S/C16H16F3NO3/c17-16(18,19)10-2-1-3-11(7-10)20-14(21)12-8-4-5-9(6-8)13(12)15(22)23/h1-3,7-9,12-13H,4-6H2,(H,20,21)(H,22,23)/t8-,9+,12-,13+/m0/s1. The lowest BCUT2D eigenvalue weighted by Crippen LogP contribution is -2.37. The quantitative estimate of drug-likeness (QED) is 0.894. The van der Waals surface area contributed by atoms with Crippen LogP contribution in [0.3, 0.4) is 0 Å². The Kier molecular flexibility index (Phi) is 3.82. The maximum absolute atomic E-state index is 12.7. The van der Waals surface area contributed by atoms with Crippen molar-refractivity contribution in [1.29, 1.82) is 0 Å². The first kappa shape index (κ1) is 15.8. The summed E-state index contributed by atoms with van der Waals surface area (Å²) in [4.78, 5) is 23.8. The van der Waals surface area contributed by atoms with E-state index >= 15 is 0 Å². The fraction of sp³-hybridized carbons (Fsp3) is 0.500. The molecule has 0 heterocycles. The average Bonchev–Trinajstić information content (AvgIpc) is 3.07. The predicted octanol–water partition coefficient (Wildman–Crippen LogP) is 3.39. The van der Waals surface area contributed by atoms with Gasteiger partial charge in [0.15, 0.2) is 0 Å². The molecule has 0 saturated heterocycles. The van der Waals surface area contributed by atoms with Gasteiger partial charge in [0.1, 0.15) is 0 Å². The van der Waals surface area contributed by atoms with E-state index in [-0.39, 0.29) is 17.5 Å². The van der Waals surface area contributed by atoms with Crippen LogP contribution < -0.4 is 5.32 Å². The highest BCUT2D eigenvalue weighted by Gasteiger charge is 2.54. The highest BCUT2D eigenvalue weighted by atomic mass is 19.4. The molecule has 2 fully saturated rings. The molecule has 4 nitrogen and oxygen atoms in total. The van der Waals surface area contributed by atoms with E-state index in [1.54, 1.807) is 0 Å². The van der Waals surface area contributed by atoms with Gasteiger partial charge in [0.2, 0.25) is 5.91 Å². The van der Waals surface area contributed by atoms with Gasteiger partial charge < -0.3 is 10.4 Å². The Labute approximate surface area is 130 Å². The van der Waals surface area contributed by atoms with Crippen LogP contribution in [0.1, 0.15) is 24.8 Å². The summed E-state index contributed by atoms with van der Waals surface area (Å²) in [5, 5.41) is 11.8. The minimum atomic E-state index is -4.49. The van der Waals surface area contributed by atoms with E-state index in [9.17, 15) is 27.9 Å². The first-order chi connectivity index (χ1) is 10.8. The molecule has 1 aromatic rings. The van der Waals surface area contributed by atoms with Gasteiger partial charge in [0.25, 0.3) is 0 Å². The minimum absolute atomic E-state index is 0.00485. The van der Waals surface area contributed by atoms with E-state index in [2.05, 4.69) is 5.32 Å². The lowest BCUT2D eigenvalue weighted by Gasteiger charge is -2.27. The van der Waals surface area contributed by atoms with Crippen LogP contribution in [0.25, 0.3) is 0 Å². The molecule has 0 unspecified atom stereocenters. The molecular weight excluding hydrogens is 311 g/mol. The number of alkyl halides is 3. The van der Waals surface area contributed by atoms with Crippen molar-refractivity contribution in [1.82, 2.24) is 0 Å². The smallest absolute Gasteiger partial charge is 0.416 e. The molecule has 2 N–H and O–H groups in total. The fourth-order valence-corrected chi connectivity index (χ4v) is 4.02. The first-order valence-corrected chi connectivity index (χ1v) is 7.48. The number of anilines is 1. The zero-order chi connectivity index (χ0) is 16.8. The molecular formula is C16H16F3NO3. The molecule has 23 heavy (non-hydrogen) atoms. The van der Waals surface area contributed by atoms with Crippen molar-refractivity contribution in [2.45, 2.75) is 25.4 Å². The number of hydrogen-bond donors (Lipinski definition) is 2. The van der Waals surface area contributed by atoms with Crippen molar-refractivity contribution < 1.29 is 27.9 Å². The van der Waals surface area contributed by atoms with Crippen molar-refractivity contribution in [3.63, 3.8) is 0 Å². The molecule has 2 aliphatic carbocycles. The SMILES string of the molecule is O=C(O)[C@@H]1[C@@H]2CC[C@@H](C2)[C@@H]1C(=O)Nc1cccc(C(F)(F)F)c1. The van der Waals surface area contributed by atoms with E-state index in [1.165, 1.54) is 12.1 Å². The Hall–Kier alpha value is -2.05. The molecule has 1 amide bonds. The van der Waals surface area contributed by atoms with Gasteiger partial charge in [-0.25, -0.2) is 0 Å². The van der Waals surface area contributed by atoms with E-state index in [4.69, 9.17) is 0 Å². The number of halogens is 3. The van der Waals surface area contributed by atoms with Crippen LogP contribution >= 0.6 is 0 Å². The normalized spacial score (nSPS) is 29.5. The molecule has 7 heteroatoms. The Bertz CT molecular complexity index is 644. The third-order valence-corrected chi connectivity index (χ3v) is 4.96. The summed E-state index contributed by atoms with van der Waals surface area (Å²) in [5.41, 5.74) is -0.810. The van der Waals surface area contributed by atoms with E-state index in [0.717, 1.165) is 25.0 Å². The van der Waals surface area contributed by atoms with Gasteiger partial charge in [-0.2, -0.15) is 13.2 Å². The zero-order valence-corrected chi connectivity index (χ0v) is 12.1. The number of amides is 1. The summed E-state index contributed by atoms with van der Waals surface area (Å²) in [6, 6.07) is 4.37. The molecule has 124 valence electrons. The highest BCUT2D eigenvalue weighted by molar-refractivity contribution is 5.96. The molecule has 3 rings (SSSR count). The number of fused-ring (bicyclic) bond motifs is 2. The number of benzene rings is 1. The van der Waals surface area contributed by atoms with Gasteiger partial charge in [-0.05, 0) is 49.3 Å². The maximum Gasteiger partial charge on any atom is 0.416 e. The number of carbonyl (C=O) groups excluding carboxylic acids is 1. The van der Waals surface area contributed by atoms with Crippen molar-refractivity contribution in [2.24, 2.45) is 23.7 Å². The second-order valence-electron chi connectivity index (χ2n) is 6.29. The van der Waals surface area contributed by atoms with Gasteiger partial charge in [-0.15, -0.1) is 0 Å². The van der Waals surface area contributed by atoms with Crippen LogP contribution in [-0.4, -0.2) is 17.0 Å². The van der Waals surface area contributed by atoms with Gasteiger partial charge >= 0.3 is 12.1 Å². The fourth-order valence-electron chi connectivity index (χ4n) is 4.02. The van der Waals surface area contributed by atoms with Crippen LogP contribution in [0.4, 0.5) is 18.9 Å². The second-order valence-corrected chi connectivity index (χ2v) is 6.29. The van der Waals surface area contributed by atoms with Crippen molar-refractivity contribution >= 4 is 17.6 Å². The number of nitrogens with one attached hydrogen (secondary N) is 1. The van der Waals surface area contributed by atoms with E-state index in [1.807, 2.05) is 0 Å². The minimum Gasteiger partial charge on any atom is -0.481 e. The summed E-state index contributed by atoms with van der Waals surface area (Å²) in [6.07, 6.45) is -2.18. The van der Waals surface area contributed by atoms with Crippen molar-refractivity contribution in [3.8, 4) is 0 Å². The lowest BCUT2D eigenvalue weighted by atomic mass is 9.78. The van der Waals surface area contributed by atoms with Crippen molar-refractivity contribution in [3.05, 3.63) is 29.8 Å². The number of carboxylic acids is 1. The number of aliphatic carboxylic acids is 1. The van der Waals surface area contributed by atoms with Crippen LogP contribution in [0.15, 0.2) is 24.3 Å². The number of hydrogen-bond acceptors (Lipinski definition) is 2. The van der Waals surface area contributed by atoms with E-state index in [0.29, 0.717) is 6.42 Å². The molecule has 4 atom stereocenters. The third kappa shape index (κ3) is 2.92. The van der Waals surface area contributed by atoms with Crippen molar-refractivity contribution in [2.75, 3.05) is 5.32 Å². The molecule has 0 radical (unpaired) electrons. The van der Waals surface area contributed by atoms with Gasteiger partial charge in [-0.1, -0.05) is 6.07 Å². The number of carbonyl (C=O) groups is 2. The molecule has 0 aromatic heterocycles. The van der Waals surface area contributed by atoms with Crippen LogP contribution in [0.5, 0.6) is 0 Å². The van der Waals surface area contributed by atoms with Crippen LogP contribution in [-0.2, 0) is 15.8 Å². The Morgan fingerprint density at radius 2 is 1.78 bits per heavy atom. The number of carboxylic acid groups (broad SMARTS) is 1. The lowest BCUT2D eigenvalue weighted by molar-refractivity contribution is -0.148. The summed E-state index contributed by atoms with van der Waals surface area (Å²) < 4.78 is 38.1. The topological polar surface area (TPSA) is 66.4 Å². The molecule has 0 aliphatic heterocycles. The Morgan fingerprint density at radius 3 is 2.39 bits per heavy atom. The summed E-state index contributed by atoms with van der Waals surface area (Å²) in [6.45, 7) is 0. The summed E-state index contributed by atoms with van der Waals surface area (Å²) in [7, 11) is 0. The highest BCUT2D eigenvalue weighted by Crippen LogP contribution is 2.52. The third-order valence-electron chi connectivity index (χ3n) is 4.96. The van der Waals surface area contributed by atoms with Crippen LogP contribution in [0, 0.1) is 23.7 Å². The van der Waals surface area contributed by atoms with Gasteiger partial charge in [0, 0.05) is 5.69 Å². The second kappa shape index (κ2) is 5.54. The monoisotopic (exact) mass is 327 g/mol. The van der Waals surface area contributed by atoms with Gasteiger partial charge in [-0.3, -0.25) is 9.59 Å². The average molecular weight is 327 g/mol. The predicted molar refractivity (Wildman–Crippen MR) is 75.5 cm³/mol. The largest absolute Gasteiger partial charge is 0.481 e. The van der Waals surface area contributed by atoms with Gasteiger partial charge in [0.05, 0.1) is 17.4 Å². The zero-order valence-electron chi connectivity index (χ0n) is 12.1. The van der Waals surface area contributed by atoms with E-state index < -0.39 is 35.5 Å². The number of rotatable bonds is 3. The molecule has 2 aliphatic rings. The molecule has 2 saturated carbocycles. The maximum atomic E-state index is 12.7. The molecule has 0 spiro atoms.